The van der Waals surface area contributed by atoms with Crippen LogP contribution in [0, 0.1) is 25.1 Å². The smallest absolute Gasteiger partial charge is 0.227 e. The minimum atomic E-state index is -0.687. The summed E-state index contributed by atoms with van der Waals surface area (Å²) in [5.74, 6) is 3.15. The quantitative estimate of drug-likeness (QED) is 0.310. The fourth-order valence-electron chi connectivity index (χ4n) is 3.62. The highest BCUT2D eigenvalue weighted by Gasteiger charge is 2.24. The number of ether oxygens (including phenoxy) is 2. The van der Waals surface area contributed by atoms with E-state index in [1.807, 2.05) is 37.3 Å². The van der Waals surface area contributed by atoms with Crippen LogP contribution >= 0.6 is 0 Å². The Balaban J connectivity index is 1.95. The Bertz CT molecular complexity index is 1080. The maximum Gasteiger partial charge on any atom is 0.227 e. The summed E-state index contributed by atoms with van der Waals surface area (Å²) in [4.78, 5) is 2.18. The van der Waals surface area contributed by atoms with Gasteiger partial charge in [-0.1, -0.05) is 31.0 Å². The molecule has 1 heterocycles. The highest BCUT2D eigenvalue weighted by molar-refractivity contribution is 5.43. The molecule has 34 heavy (non-hydrogen) atoms. The zero-order chi connectivity index (χ0) is 24.5. The van der Waals surface area contributed by atoms with E-state index in [1.165, 1.54) is 12.1 Å². The first-order valence-electron chi connectivity index (χ1n) is 11.4. The number of para-hydroxylation sites is 1. The lowest BCUT2D eigenvalue weighted by atomic mass is 10.1. The molecule has 0 aliphatic carbocycles. The maximum absolute atomic E-state index is 13.5. The van der Waals surface area contributed by atoms with Crippen LogP contribution in [0.15, 0.2) is 54.6 Å². The van der Waals surface area contributed by atoms with Crippen molar-refractivity contribution in [2.75, 3.05) is 19.8 Å². The summed E-state index contributed by atoms with van der Waals surface area (Å²) in [6.45, 7) is 7.41. The van der Waals surface area contributed by atoms with E-state index >= 15 is 0 Å². The molecule has 1 N–H and O–H groups in total. The summed E-state index contributed by atoms with van der Waals surface area (Å²) in [7, 11) is 0. The highest BCUT2D eigenvalue weighted by Crippen LogP contribution is 2.32. The fourth-order valence-corrected chi connectivity index (χ4v) is 3.62. The van der Waals surface area contributed by atoms with Gasteiger partial charge in [-0.05, 0) is 56.7 Å². The van der Waals surface area contributed by atoms with Crippen LogP contribution in [0.5, 0.6) is 11.6 Å². The molecular weight excluding hydrogens is 433 g/mol. The van der Waals surface area contributed by atoms with E-state index in [-0.39, 0.29) is 25.1 Å². The first kappa shape index (κ1) is 25.4. The summed E-state index contributed by atoms with van der Waals surface area (Å²) < 4.78 is 26.8. The van der Waals surface area contributed by atoms with Crippen molar-refractivity contribution < 1.29 is 19.0 Å². The molecule has 0 amide bonds. The second-order valence-electron chi connectivity index (χ2n) is 8.23. The number of rotatable bonds is 12. The second-order valence-corrected chi connectivity index (χ2v) is 8.23. The van der Waals surface area contributed by atoms with Crippen LogP contribution in [0.3, 0.4) is 0 Å². The molecule has 0 fully saturated rings. The normalized spacial score (nSPS) is 13.0. The first-order valence-corrected chi connectivity index (χ1v) is 11.4. The van der Waals surface area contributed by atoms with Gasteiger partial charge in [0.2, 0.25) is 5.88 Å². The predicted molar refractivity (Wildman–Crippen MR) is 131 cm³/mol. The van der Waals surface area contributed by atoms with E-state index in [9.17, 15) is 9.50 Å². The lowest BCUT2D eigenvalue weighted by molar-refractivity contribution is 0.0168. The topological polar surface area (TPSA) is 59.8 Å². The third kappa shape index (κ3) is 6.67. The van der Waals surface area contributed by atoms with Crippen molar-refractivity contribution in [1.29, 1.82) is 0 Å². The Hall–Kier alpha value is -3.18. The van der Waals surface area contributed by atoms with Crippen molar-refractivity contribution in [3.63, 3.8) is 0 Å². The van der Waals surface area contributed by atoms with E-state index in [0.29, 0.717) is 24.7 Å². The molecule has 2 atom stereocenters. The van der Waals surface area contributed by atoms with Crippen LogP contribution in [-0.2, 0) is 11.3 Å². The second kappa shape index (κ2) is 12.3. The summed E-state index contributed by atoms with van der Waals surface area (Å²) in [5.41, 5.74) is 2.56. The lowest BCUT2D eigenvalue weighted by Crippen LogP contribution is -2.40. The van der Waals surface area contributed by atoms with Crippen LogP contribution in [0.25, 0.3) is 5.69 Å². The summed E-state index contributed by atoms with van der Waals surface area (Å²) >= 11 is 0. The molecule has 0 saturated heterocycles. The fraction of sp³-hybridized carbons (Fsp3) is 0.370. The van der Waals surface area contributed by atoms with Crippen molar-refractivity contribution in [2.45, 2.75) is 45.9 Å². The van der Waals surface area contributed by atoms with Crippen molar-refractivity contribution in [3.05, 3.63) is 71.7 Å². The average molecular weight is 466 g/mol. The molecule has 2 unspecified atom stereocenters. The molecule has 0 aliphatic heterocycles. The number of hydrogen-bond acceptors (Lipinski definition) is 5. The number of nitrogens with zero attached hydrogens (tertiary/aromatic N) is 3. The Morgan fingerprint density at radius 2 is 1.88 bits per heavy atom. The van der Waals surface area contributed by atoms with Crippen LogP contribution in [0.1, 0.15) is 31.5 Å². The Kier molecular flexibility index (Phi) is 9.23. The number of benzene rings is 2. The van der Waals surface area contributed by atoms with E-state index in [4.69, 9.17) is 21.0 Å². The van der Waals surface area contributed by atoms with E-state index in [0.717, 1.165) is 23.4 Å². The van der Waals surface area contributed by atoms with Gasteiger partial charge in [-0.2, -0.15) is 5.10 Å². The van der Waals surface area contributed by atoms with E-state index in [2.05, 4.69) is 24.7 Å². The predicted octanol–water partition coefficient (Wildman–Crippen LogP) is 4.72. The summed E-state index contributed by atoms with van der Waals surface area (Å²) in [6.07, 6.45) is 5.45. The van der Waals surface area contributed by atoms with Gasteiger partial charge in [0, 0.05) is 19.1 Å². The van der Waals surface area contributed by atoms with E-state index in [1.54, 1.807) is 16.8 Å². The largest absolute Gasteiger partial charge is 0.439 e. The van der Waals surface area contributed by atoms with Gasteiger partial charge < -0.3 is 14.6 Å². The first-order chi connectivity index (χ1) is 16.4. The van der Waals surface area contributed by atoms with Crippen molar-refractivity contribution in [1.82, 2.24) is 14.7 Å². The molecule has 180 valence electrons. The average Bonchev–Trinajstić information content (AvgIpc) is 3.15. The van der Waals surface area contributed by atoms with Gasteiger partial charge in [-0.25, -0.2) is 9.07 Å². The molecule has 0 radical (unpaired) electrons. The highest BCUT2D eigenvalue weighted by atomic mass is 19.1. The molecule has 0 saturated carbocycles. The number of aromatic nitrogens is 2. The van der Waals surface area contributed by atoms with Crippen LogP contribution in [-0.4, -0.2) is 51.7 Å². The van der Waals surface area contributed by atoms with Gasteiger partial charge in [-0.15, -0.1) is 6.42 Å². The van der Waals surface area contributed by atoms with Crippen LogP contribution in [0.2, 0.25) is 0 Å². The van der Waals surface area contributed by atoms with Gasteiger partial charge in [0.25, 0.3) is 0 Å². The standard InChI is InChI=1S/C27H32FN3O3/c1-5-16-33-19-24(32)17-30(20(3)6-2)18-26-21(4)29-31(23-10-8-7-9-11-23)27(26)34-25-14-12-22(28)13-15-25/h1,7-15,20,24,32H,6,16-19H2,2-4H3. The third-order valence-electron chi connectivity index (χ3n) is 5.68. The SMILES string of the molecule is C#CCOCC(O)CN(Cc1c(C)nn(-c2ccccc2)c1Oc1ccc(F)cc1)C(C)CC. The molecule has 1 aromatic heterocycles. The number of hydrogen-bond donors (Lipinski definition) is 1. The van der Waals surface area contributed by atoms with Crippen molar-refractivity contribution in [2.24, 2.45) is 0 Å². The van der Waals surface area contributed by atoms with Crippen molar-refractivity contribution >= 4 is 0 Å². The monoisotopic (exact) mass is 465 g/mol. The minimum Gasteiger partial charge on any atom is -0.439 e. The maximum atomic E-state index is 13.5. The Morgan fingerprint density at radius 1 is 1.18 bits per heavy atom. The summed E-state index contributed by atoms with van der Waals surface area (Å²) in [6, 6.07) is 15.8. The molecule has 2 aromatic carbocycles. The zero-order valence-corrected chi connectivity index (χ0v) is 19.9. The number of aliphatic hydroxyl groups is 1. The number of aliphatic hydroxyl groups excluding tert-OH is 1. The molecule has 7 heteroatoms. The van der Waals surface area contributed by atoms with Gasteiger partial charge in [0.1, 0.15) is 18.2 Å². The van der Waals surface area contributed by atoms with E-state index < -0.39 is 6.10 Å². The minimum absolute atomic E-state index is 0.165. The van der Waals surface area contributed by atoms with Gasteiger partial charge in [0.15, 0.2) is 0 Å². The Morgan fingerprint density at radius 3 is 2.53 bits per heavy atom. The zero-order valence-electron chi connectivity index (χ0n) is 19.9. The molecule has 3 rings (SSSR count). The Labute approximate surface area is 200 Å². The molecule has 3 aromatic rings. The third-order valence-corrected chi connectivity index (χ3v) is 5.68. The van der Waals surface area contributed by atoms with Gasteiger partial charge in [-0.3, -0.25) is 4.90 Å². The molecule has 0 spiro atoms. The molecule has 0 bridgehead atoms. The van der Waals surface area contributed by atoms with Crippen molar-refractivity contribution in [3.8, 4) is 29.7 Å². The number of aryl methyl sites for hydroxylation is 1. The van der Waals surface area contributed by atoms with Gasteiger partial charge >= 0.3 is 0 Å². The number of terminal acetylenes is 1. The van der Waals surface area contributed by atoms with Gasteiger partial charge in [0.05, 0.1) is 29.7 Å². The van der Waals surface area contributed by atoms with Crippen LogP contribution < -0.4 is 4.74 Å². The van der Waals surface area contributed by atoms with Crippen LogP contribution in [0.4, 0.5) is 4.39 Å². The lowest BCUT2D eigenvalue weighted by Gasteiger charge is -2.30. The summed E-state index contributed by atoms with van der Waals surface area (Å²) in [5, 5.41) is 15.3. The molecular formula is C27H32FN3O3. The molecule has 6 nitrogen and oxygen atoms in total. The molecule has 0 aliphatic rings. The number of halogens is 1.